The number of methoxy groups -OCH3 is 1. The minimum atomic E-state index is -3.63. The molecule has 2 rings (SSSR count). The summed E-state index contributed by atoms with van der Waals surface area (Å²) in [5, 5.41) is 2.94. The number of hydrogen-bond acceptors (Lipinski definition) is 5. The third kappa shape index (κ3) is 8.07. The first-order chi connectivity index (χ1) is 16.6. The van der Waals surface area contributed by atoms with Crippen LogP contribution >= 0.6 is 0 Å². The van der Waals surface area contributed by atoms with Crippen LogP contribution in [0, 0.1) is 0 Å². The van der Waals surface area contributed by atoms with Gasteiger partial charge in [0.15, 0.2) is 0 Å². The van der Waals surface area contributed by atoms with Gasteiger partial charge in [-0.1, -0.05) is 37.3 Å². The fourth-order valence-corrected chi connectivity index (χ4v) is 4.74. The molecule has 0 aliphatic heterocycles. The van der Waals surface area contributed by atoms with Gasteiger partial charge in [-0.25, -0.2) is 12.7 Å². The molecule has 0 saturated carbocycles. The van der Waals surface area contributed by atoms with Crippen molar-refractivity contribution >= 4 is 21.8 Å². The van der Waals surface area contributed by atoms with E-state index in [-0.39, 0.29) is 42.3 Å². The Morgan fingerprint density at radius 1 is 1.06 bits per heavy atom. The second-order valence-electron chi connectivity index (χ2n) is 8.61. The summed E-state index contributed by atoms with van der Waals surface area (Å²) in [5.74, 6) is 0.226. The lowest BCUT2D eigenvalue weighted by Gasteiger charge is -2.30. The number of sulfonamides is 1. The van der Waals surface area contributed by atoms with E-state index in [2.05, 4.69) is 5.32 Å². The summed E-state index contributed by atoms with van der Waals surface area (Å²) in [6.07, 6.45) is 1.22. The normalized spacial score (nSPS) is 13.2. The van der Waals surface area contributed by atoms with Crippen LogP contribution in [0.25, 0.3) is 0 Å². The van der Waals surface area contributed by atoms with Crippen molar-refractivity contribution in [2.45, 2.75) is 63.6 Å². The van der Waals surface area contributed by atoms with Gasteiger partial charge in [0.1, 0.15) is 11.8 Å². The molecular weight excluding hydrogens is 466 g/mol. The number of amides is 2. The van der Waals surface area contributed by atoms with Crippen molar-refractivity contribution in [3.8, 4) is 5.75 Å². The average Bonchev–Trinajstić information content (AvgIpc) is 2.87. The first-order valence-corrected chi connectivity index (χ1v) is 13.3. The molecule has 9 heteroatoms. The molecule has 0 radical (unpaired) electrons. The highest BCUT2D eigenvalue weighted by atomic mass is 32.2. The fraction of sp³-hybridized carbons (Fsp3) is 0.462. The first kappa shape index (κ1) is 28.3. The van der Waals surface area contributed by atoms with Gasteiger partial charge in [0.05, 0.1) is 12.0 Å². The number of ether oxygens (including phenoxy) is 1. The molecule has 0 unspecified atom stereocenters. The Kier molecular flexibility index (Phi) is 10.7. The Balaban J connectivity index is 2.11. The molecule has 2 aromatic rings. The molecule has 0 aliphatic rings. The average molecular weight is 504 g/mol. The molecule has 0 heterocycles. The van der Waals surface area contributed by atoms with E-state index in [1.165, 1.54) is 16.3 Å². The van der Waals surface area contributed by atoms with Gasteiger partial charge in [-0.05, 0) is 56.5 Å². The maximum Gasteiger partial charge on any atom is 0.242 e. The third-order valence-corrected chi connectivity index (χ3v) is 7.84. The molecular formula is C26H37N3O5S. The van der Waals surface area contributed by atoms with Crippen LogP contribution in [0.5, 0.6) is 5.75 Å². The summed E-state index contributed by atoms with van der Waals surface area (Å²) in [4.78, 5) is 27.8. The zero-order chi connectivity index (χ0) is 26.0. The van der Waals surface area contributed by atoms with Gasteiger partial charge >= 0.3 is 0 Å². The van der Waals surface area contributed by atoms with E-state index >= 15 is 0 Å². The smallest absolute Gasteiger partial charge is 0.242 e. The monoisotopic (exact) mass is 503 g/mol. The fourth-order valence-electron chi connectivity index (χ4n) is 3.50. The highest BCUT2D eigenvalue weighted by Crippen LogP contribution is 2.18. The largest absolute Gasteiger partial charge is 0.497 e. The summed E-state index contributed by atoms with van der Waals surface area (Å²) >= 11 is 0. The third-order valence-electron chi connectivity index (χ3n) is 5.97. The van der Waals surface area contributed by atoms with Crippen LogP contribution in [0.2, 0.25) is 0 Å². The lowest BCUT2D eigenvalue weighted by atomic mass is 10.1. The molecule has 192 valence electrons. The molecule has 2 atom stereocenters. The van der Waals surface area contributed by atoms with E-state index in [1.54, 1.807) is 44.4 Å². The van der Waals surface area contributed by atoms with Crippen LogP contribution in [0.4, 0.5) is 0 Å². The van der Waals surface area contributed by atoms with Crippen molar-refractivity contribution in [2.75, 3.05) is 20.7 Å². The summed E-state index contributed by atoms with van der Waals surface area (Å²) in [6.45, 7) is 6.03. The second-order valence-corrected chi connectivity index (χ2v) is 10.7. The highest BCUT2D eigenvalue weighted by Gasteiger charge is 2.27. The van der Waals surface area contributed by atoms with E-state index in [0.717, 1.165) is 12.0 Å². The molecule has 2 amide bonds. The van der Waals surface area contributed by atoms with E-state index in [9.17, 15) is 18.0 Å². The van der Waals surface area contributed by atoms with Gasteiger partial charge in [-0.15, -0.1) is 0 Å². The Morgan fingerprint density at radius 3 is 2.37 bits per heavy atom. The van der Waals surface area contributed by atoms with E-state index in [4.69, 9.17) is 4.74 Å². The number of carbonyl (C=O) groups excluding carboxylic acids is 2. The van der Waals surface area contributed by atoms with Crippen LogP contribution in [0.15, 0.2) is 59.5 Å². The minimum absolute atomic E-state index is 0.00411. The molecule has 35 heavy (non-hydrogen) atoms. The summed E-state index contributed by atoms with van der Waals surface area (Å²) < 4.78 is 32.0. The van der Waals surface area contributed by atoms with Crippen LogP contribution < -0.4 is 10.1 Å². The first-order valence-electron chi connectivity index (χ1n) is 11.8. The number of rotatable bonds is 13. The number of carbonyl (C=O) groups is 2. The molecule has 0 spiro atoms. The van der Waals surface area contributed by atoms with Crippen molar-refractivity contribution < 1.29 is 22.7 Å². The van der Waals surface area contributed by atoms with Gasteiger partial charge in [0.2, 0.25) is 21.8 Å². The van der Waals surface area contributed by atoms with Crippen molar-refractivity contribution in [3.05, 3.63) is 60.2 Å². The lowest BCUT2D eigenvalue weighted by Crippen LogP contribution is -2.49. The predicted molar refractivity (Wildman–Crippen MR) is 136 cm³/mol. The maximum absolute atomic E-state index is 13.3. The highest BCUT2D eigenvalue weighted by molar-refractivity contribution is 7.89. The van der Waals surface area contributed by atoms with E-state index in [1.807, 2.05) is 38.1 Å². The minimum Gasteiger partial charge on any atom is -0.497 e. The topological polar surface area (TPSA) is 96.0 Å². The van der Waals surface area contributed by atoms with Crippen molar-refractivity contribution in [2.24, 2.45) is 0 Å². The van der Waals surface area contributed by atoms with E-state index < -0.39 is 16.1 Å². The molecule has 0 bridgehead atoms. The van der Waals surface area contributed by atoms with Crippen LogP contribution in [-0.4, -0.2) is 62.2 Å². The Labute approximate surface area is 209 Å². The van der Waals surface area contributed by atoms with Crippen LogP contribution in [0.1, 0.15) is 45.6 Å². The lowest BCUT2D eigenvalue weighted by molar-refractivity contribution is -0.141. The Bertz CT molecular complexity index is 1080. The molecule has 0 fully saturated rings. The van der Waals surface area contributed by atoms with Crippen LogP contribution in [0.3, 0.4) is 0 Å². The van der Waals surface area contributed by atoms with Gasteiger partial charge in [-0.3, -0.25) is 9.59 Å². The van der Waals surface area contributed by atoms with E-state index in [0.29, 0.717) is 12.2 Å². The summed E-state index contributed by atoms with van der Waals surface area (Å²) in [6, 6.07) is 14.9. The van der Waals surface area contributed by atoms with Gasteiger partial charge < -0.3 is 15.0 Å². The van der Waals surface area contributed by atoms with Gasteiger partial charge in [0, 0.05) is 32.6 Å². The number of benzene rings is 2. The molecule has 0 aromatic heterocycles. The number of nitrogens with zero attached hydrogens (tertiary/aromatic N) is 2. The van der Waals surface area contributed by atoms with Gasteiger partial charge in [-0.2, -0.15) is 0 Å². The molecule has 0 saturated heterocycles. The molecule has 1 N–H and O–H groups in total. The molecule has 2 aromatic carbocycles. The molecule has 0 aliphatic carbocycles. The summed E-state index contributed by atoms with van der Waals surface area (Å²) in [7, 11) is -0.553. The quantitative estimate of drug-likeness (QED) is 0.452. The zero-order valence-corrected chi connectivity index (χ0v) is 22.0. The standard InChI is InChI=1S/C26H37N3O5S/c1-6-20(2)27-26(31)21(3)29(19-22-12-10-13-23(18-22)34-5)25(30)16-11-17-28(4)35(32,33)24-14-8-7-9-15-24/h7-10,12-15,18,20-21H,6,11,16-17,19H2,1-5H3,(H,27,31)/t20-,21-/m1/s1. The predicted octanol–water partition coefficient (Wildman–Crippen LogP) is 3.43. The second kappa shape index (κ2) is 13.3. The Morgan fingerprint density at radius 2 is 1.74 bits per heavy atom. The SMILES string of the molecule is CC[C@@H](C)NC(=O)[C@@H](C)N(Cc1cccc(OC)c1)C(=O)CCCN(C)S(=O)(=O)c1ccccc1. The van der Waals surface area contributed by atoms with Gasteiger partial charge in [0.25, 0.3) is 0 Å². The van der Waals surface area contributed by atoms with Crippen molar-refractivity contribution in [1.29, 1.82) is 0 Å². The van der Waals surface area contributed by atoms with Crippen molar-refractivity contribution in [1.82, 2.24) is 14.5 Å². The molecule has 8 nitrogen and oxygen atoms in total. The summed E-state index contributed by atoms with van der Waals surface area (Å²) in [5.41, 5.74) is 0.838. The maximum atomic E-state index is 13.3. The Hall–Kier alpha value is -2.91. The van der Waals surface area contributed by atoms with Crippen LogP contribution in [-0.2, 0) is 26.2 Å². The zero-order valence-electron chi connectivity index (χ0n) is 21.2. The number of nitrogens with one attached hydrogen (secondary N) is 1. The number of hydrogen-bond donors (Lipinski definition) is 1. The van der Waals surface area contributed by atoms with Crippen molar-refractivity contribution in [3.63, 3.8) is 0 Å².